The number of carbonyl (C=O) groups is 1. The van der Waals surface area contributed by atoms with E-state index in [1.165, 1.54) is 0 Å². The van der Waals surface area contributed by atoms with Crippen molar-refractivity contribution in [1.29, 1.82) is 0 Å². The minimum atomic E-state index is -1.31. The lowest BCUT2D eigenvalue weighted by atomic mass is 10.1. The highest BCUT2D eigenvalue weighted by atomic mass is 35.5. The van der Waals surface area contributed by atoms with Crippen molar-refractivity contribution in [1.82, 2.24) is 5.32 Å². The van der Waals surface area contributed by atoms with Crippen LogP contribution < -0.4 is 15.8 Å². The van der Waals surface area contributed by atoms with Crippen molar-refractivity contribution in [2.75, 3.05) is 0 Å². The van der Waals surface area contributed by atoms with Gasteiger partial charge in [-0.3, -0.25) is 4.79 Å². The first-order valence-electron chi connectivity index (χ1n) is 6.51. The number of halogens is 1. The fourth-order valence-corrected chi connectivity index (χ4v) is 2.02. The van der Waals surface area contributed by atoms with Gasteiger partial charge in [-0.2, -0.15) is 10.5 Å². The average molecular weight is 340 g/mol. The van der Waals surface area contributed by atoms with E-state index in [-0.39, 0.29) is 23.5 Å². The quantitative estimate of drug-likeness (QED) is 0.493. The zero-order chi connectivity index (χ0) is 17.0. The molecule has 8 nitrogen and oxygen atoms in total. The molecular formula is C14H14ClN3O5. The second-order valence-corrected chi connectivity index (χ2v) is 5.15. The first-order valence-corrected chi connectivity index (χ1v) is 6.89. The molecule has 0 aromatic heterocycles. The van der Waals surface area contributed by atoms with E-state index < -0.39 is 16.4 Å². The summed E-state index contributed by atoms with van der Waals surface area (Å²) in [5.74, 6) is -0.564. The maximum atomic E-state index is 12.1. The molecule has 2 rings (SSSR count). The molecule has 0 bridgehead atoms. The van der Waals surface area contributed by atoms with Crippen LogP contribution in [0, 0.1) is 10.4 Å². The summed E-state index contributed by atoms with van der Waals surface area (Å²) in [6.45, 7) is 0.204. The molecule has 2 aromatic carbocycles. The number of hydrogen-bond acceptors (Lipinski definition) is 5. The standard InChI is InChI=1S/C14H14ClN3O5/c15-11-3-1-9(2-4-11)8-16-14(19)10-5-12(17(20)21)7-13(6-10)18(22)23/h1-7,17-18,20,22H,8H2,(H,16,19). The fourth-order valence-electron chi connectivity index (χ4n) is 1.89. The van der Waals surface area contributed by atoms with E-state index in [4.69, 9.17) is 22.0 Å². The van der Waals surface area contributed by atoms with Gasteiger partial charge < -0.3 is 15.7 Å². The Morgan fingerprint density at radius 2 is 1.57 bits per heavy atom. The maximum absolute atomic E-state index is 12.1. The van der Waals surface area contributed by atoms with Crippen LogP contribution in [0.3, 0.4) is 0 Å². The molecule has 0 radical (unpaired) electrons. The Morgan fingerprint density at radius 1 is 1.04 bits per heavy atom. The van der Waals surface area contributed by atoms with E-state index in [0.717, 1.165) is 23.8 Å². The molecule has 0 aliphatic heterocycles. The summed E-state index contributed by atoms with van der Waals surface area (Å²) in [5.41, 5.74) is 0.245. The van der Waals surface area contributed by atoms with E-state index in [2.05, 4.69) is 5.32 Å². The van der Waals surface area contributed by atoms with Crippen LogP contribution in [0.1, 0.15) is 15.9 Å². The Bertz CT molecular complexity index is 665. The monoisotopic (exact) mass is 339 g/mol. The molecule has 0 aliphatic carbocycles. The third kappa shape index (κ3) is 4.71. The Hall–Kier alpha value is -2.04. The lowest BCUT2D eigenvalue weighted by molar-refractivity contribution is -0.996. The molecule has 0 saturated heterocycles. The first kappa shape index (κ1) is 17.3. The molecule has 9 heteroatoms. The smallest absolute Gasteiger partial charge is 0.252 e. The molecule has 2 atom stereocenters. The Morgan fingerprint density at radius 3 is 2.04 bits per heavy atom. The van der Waals surface area contributed by atoms with Gasteiger partial charge in [0.2, 0.25) is 0 Å². The second kappa shape index (κ2) is 7.49. The van der Waals surface area contributed by atoms with Gasteiger partial charge in [-0.1, -0.05) is 23.7 Å². The minimum absolute atomic E-state index is 0.0312. The van der Waals surface area contributed by atoms with Crippen LogP contribution in [0.25, 0.3) is 0 Å². The molecule has 2 unspecified atom stereocenters. The normalized spacial score (nSPS) is 13.4. The van der Waals surface area contributed by atoms with E-state index >= 15 is 0 Å². The molecule has 0 saturated carbocycles. The van der Waals surface area contributed by atoms with Gasteiger partial charge in [-0.15, -0.1) is 0 Å². The highest BCUT2D eigenvalue weighted by Gasteiger charge is 2.15. The number of benzene rings is 2. The summed E-state index contributed by atoms with van der Waals surface area (Å²) in [4.78, 5) is 12.1. The molecule has 23 heavy (non-hydrogen) atoms. The second-order valence-electron chi connectivity index (χ2n) is 4.72. The molecule has 0 fully saturated rings. The summed E-state index contributed by atoms with van der Waals surface area (Å²) < 4.78 is 0. The number of quaternary nitrogens is 2. The highest BCUT2D eigenvalue weighted by Crippen LogP contribution is 2.14. The summed E-state index contributed by atoms with van der Waals surface area (Å²) >= 11 is 5.77. The van der Waals surface area contributed by atoms with Crippen molar-refractivity contribution in [2.24, 2.45) is 0 Å². The van der Waals surface area contributed by atoms with Crippen molar-refractivity contribution in [2.45, 2.75) is 6.54 Å². The van der Waals surface area contributed by atoms with Gasteiger partial charge in [0, 0.05) is 23.7 Å². The van der Waals surface area contributed by atoms with Crippen molar-refractivity contribution in [3.63, 3.8) is 0 Å². The van der Waals surface area contributed by atoms with Crippen LogP contribution >= 0.6 is 11.6 Å². The molecule has 1 amide bonds. The summed E-state index contributed by atoms with van der Waals surface area (Å²) in [6.07, 6.45) is 0. The van der Waals surface area contributed by atoms with Gasteiger partial charge in [0.25, 0.3) is 5.91 Å². The average Bonchev–Trinajstić information content (AvgIpc) is 2.53. The fraction of sp³-hybridized carbons (Fsp3) is 0.0714. The first-order chi connectivity index (χ1) is 10.9. The zero-order valence-electron chi connectivity index (χ0n) is 11.7. The number of carbonyl (C=O) groups excluding carboxylic acids is 1. The van der Waals surface area contributed by atoms with Crippen molar-refractivity contribution >= 4 is 28.9 Å². The predicted octanol–water partition coefficient (Wildman–Crippen LogP) is 0.0768. The van der Waals surface area contributed by atoms with Crippen LogP contribution in [0.2, 0.25) is 5.02 Å². The Balaban J connectivity index is 2.16. The van der Waals surface area contributed by atoms with Crippen molar-refractivity contribution < 1.29 is 25.7 Å². The van der Waals surface area contributed by atoms with Gasteiger partial charge in [-0.25, -0.2) is 10.4 Å². The SMILES string of the molecule is O=C(NCc1ccc(Cl)cc1)c1cc([NH+]([O-])O)cc([NH+]([O-])O)c1. The van der Waals surface area contributed by atoms with Gasteiger partial charge in [0.1, 0.15) is 0 Å². The number of amides is 1. The zero-order valence-corrected chi connectivity index (χ0v) is 12.5. The van der Waals surface area contributed by atoms with Crippen molar-refractivity contribution in [3.8, 4) is 0 Å². The van der Waals surface area contributed by atoms with Crippen LogP contribution in [-0.4, -0.2) is 16.3 Å². The molecule has 0 heterocycles. The predicted molar refractivity (Wildman–Crippen MR) is 80.6 cm³/mol. The number of rotatable bonds is 5. The van der Waals surface area contributed by atoms with Gasteiger partial charge in [-0.05, 0) is 17.7 Å². The van der Waals surface area contributed by atoms with E-state index in [1.54, 1.807) is 24.3 Å². The molecule has 5 N–H and O–H groups in total. The summed E-state index contributed by atoms with van der Waals surface area (Å²) in [5, 5.41) is 40.6. The molecular weight excluding hydrogens is 326 g/mol. The molecule has 2 aromatic rings. The van der Waals surface area contributed by atoms with Crippen molar-refractivity contribution in [3.05, 3.63) is 69.0 Å². The van der Waals surface area contributed by atoms with Gasteiger partial charge in [0.05, 0.1) is 11.6 Å². The van der Waals surface area contributed by atoms with Crippen LogP contribution in [-0.2, 0) is 6.54 Å². The Kier molecular flexibility index (Phi) is 5.64. The topological polar surface area (TPSA) is 125 Å². The highest BCUT2D eigenvalue weighted by molar-refractivity contribution is 6.30. The molecule has 0 spiro atoms. The van der Waals surface area contributed by atoms with Crippen LogP contribution in [0.15, 0.2) is 42.5 Å². The van der Waals surface area contributed by atoms with Gasteiger partial charge in [0.15, 0.2) is 11.4 Å². The van der Waals surface area contributed by atoms with E-state index in [1.807, 2.05) is 0 Å². The van der Waals surface area contributed by atoms with E-state index in [9.17, 15) is 15.2 Å². The van der Waals surface area contributed by atoms with Crippen LogP contribution in [0.5, 0.6) is 0 Å². The third-order valence-electron chi connectivity index (χ3n) is 3.06. The minimum Gasteiger partial charge on any atom is -0.595 e. The van der Waals surface area contributed by atoms with Gasteiger partial charge >= 0.3 is 0 Å². The summed E-state index contributed by atoms with van der Waals surface area (Å²) in [6, 6.07) is 10.1. The Labute approximate surface area is 136 Å². The summed E-state index contributed by atoms with van der Waals surface area (Å²) in [7, 11) is 0. The lowest BCUT2D eigenvalue weighted by Crippen LogP contribution is -3.00. The molecule has 0 aliphatic rings. The van der Waals surface area contributed by atoms with Crippen LogP contribution in [0.4, 0.5) is 11.4 Å². The largest absolute Gasteiger partial charge is 0.595 e. The molecule has 122 valence electrons. The van der Waals surface area contributed by atoms with E-state index in [0.29, 0.717) is 5.02 Å². The maximum Gasteiger partial charge on any atom is 0.252 e. The third-order valence-corrected chi connectivity index (χ3v) is 3.31. The number of nitrogens with one attached hydrogen (secondary N) is 3. The number of hydrogen-bond donors (Lipinski definition) is 5. The lowest BCUT2D eigenvalue weighted by Gasteiger charge is -2.17.